The number of halogens is 1. The largest absolute Gasteiger partial charge is 0.368 e. The first-order valence-electron chi connectivity index (χ1n) is 5.50. The first-order chi connectivity index (χ1) is 7.36. The van der Waals surface area contributed by atoms with Gasteiger partial charge < -0.3 is 5.32 Å². The quantitative estimate of drug-likeness (QED) is 0.804. The molecule has 4 heteroatoms. The maximum atomic E-state index is 6.27. The van der Waals surface area contributed by atoms with Crippen LogP contribution in [0, 0.1) is 5.92 Å². The van der Waals surface area contributed by atoms with Crippen LogP contribution in [-0.2, 0) is 0 Å². The van der Waals surface area contributed by atoms with Crippen molar-refractivity contribution in [1.82, 2.24) is 9.97 Å². The lowest BCUT2D eigenvalue weighted by Crippen LogP contribution is -2.26. The lowest BCUT2D eigenvalue weighted by atomic mass is 9.89. The van der Waals surface area contributed by atoms with Gasteiger partial charge in [-0.25, -0.2) is 4.98 Å². The van der Waals surface area contributed by atoms with Crippen molar-refractivity contribution in [2.45, 2.75) is 31.1 Å². The Labute approximate surface area is 95.3 Å². The molecule has 3 nitrogen and oxygen atoms in total. The molecule has 1 aromatic heterocycles. The van der Waals surface area contributed by atoms with Gasteiger partial charge in [-0.1, -0.05) is 12.8 Å². The average molecular weight is 226 g/mol. The summed E-state index contributed by atoms with van der Waals surface area (Å²) in [5.41, 5.74) is 0. The highest BCUT2D eigenvalue weighted by Gasteiger charge is 2.22. The number of nitrogens with one attached hydrogen (secondary N) is 1. The number of rotatable bonds is 3. The Morgan fingerprint density at radius 2 is 2.20 bits per heavy atom. The molecule has 15 heavy (non-hydrogen) atoms. The van der Waals surface area contributed by atoms with Crippen LogP contribution in [0.1, 0.15) is 25.7 Å². The fourth-order valence-corrected chi connectivity index (χ4v) is 2.39. The third-order valence-electron chi connectivity index (χ3n) is 2.92. The molecule has 0 aromatic carbocycles. The number of aromatic nitrogens is 2. The van der Waals surface area contributed by atoms with Crippen LogP contribution < -0.4 is 5.32 Å². The van der Waals surface area contributed by atoms with E-state index in [4.69, 9.17) is 11.6 Å². The smallest absolute Gasteiger partial charge is 0.144 e. The average Bonchev–Trinajstić information content (AvgIpc) is 2.29. The van der Waals surface area contributed by atoms with Gasteiger partial charge in [0.25, 0.3) is 0 Å². The van der Waals surface area contributed by atoms with Crippen LogP contribution in [0.15, 0.2) is 18.6 Å². The zero-order valence-electron chi connectivity index (χ0n) is 8.69. The molecule has 1 heterocycles. The topological polar surface area (TPSA) is 37.8 Å². The lowest BCUT2D eigenvalue weighted by molar-refractivity contribution is 0.380. The SMILES string of the molecule is ClC1CCCCC1CNc1cnccn1. The van der Waals surface area contributed by atoms with Gasteiger partial charge in [0.1, 0.15) is 5.82 Å². The van der Waals surface area contributed by atoms with Crippen molar-refractivity contribution >= 4 is 17.4 Å². The summed E-state index contributed by atoms with van der Waals surface area (Å²) in [4.78, 5) is 8.18. The molecule has 0 bridgehead atoms. The summed E-state index contributed by atoms with van der Waals surface area (Å²) in [6, 6.07) is 0. The summed E-state index contributed by atoms with van der Waals surface area (Å²) in [5, 5.41) is 3.61. The Morgan fingerprint density at radius 1 is 1.33 bits per heavy atom. The van der Waals surface area contributed by atoms with Crippen molar-refractivity contribution in [2.24, 2.45) is 5.92 Å². The van der Waals surface area contributed by atoms with Crippen LogP contribution in [0.4, 0.5) is 5.82 Å². The summed E-state index contributed by atoms with van der Waals surface area (Å²) in [5.74, 6) is 1.41. The molecule has 0 spiro atoms. The predicted octanol–water partition coefficient (Wildman–Crippen LogP) is 2.69. The van der Waals surface area contributed by atoms with Gasteiger partial charge in [-0.2, -0.15) is 0 Å². The third kappa shape index (κ3) is 3.06. The van der Waals surface area contributed by atoms with Gasteiger partial charge in [0, 0.05) is 24.3 Å². The molecule has 1 N–H and O–H groups in total. The number of alkyl halides is 1. The highest BCUT2D eigenvalue weighted by Crippen LogP contribution is 2.28. The summed E-state index contributed by atoms with van der Waals surface area (Å²) in [6.07, 6.45) is 10.1. The van der Waals surface area contributed by atoms with E-state index < -0.39 is 0 Å². The standard InChI is InChI=1S/C11H16ClN3/c12-10-4-2-1-3-9(10)7-15-11-8-13-5-6-14-11/h5-6,8-10H,1-4,7H2,(H,14,15). The van der Waals surface area contributed by atoms with E-state index >= 15 is 0 Å². The van der Waals surface area contributed by atoms with Crippen LogP contribution in [0.3, 0.4) is 0 Å². The molecule has 2 atom stereocenters. The molecule has 1 aliphatic rings. The fourth-order valence-electron chi connectivity index (χ4n) is 2.02. The van der Waals surface area contributed by atoms with Gasteiger partial charge in [0.2, 0.25) is 0 Å². The van der Waals surface area contributed by atoms with E-state index in [2.05, 4.69) is 15.3 Å². The van der Waals surface area contributed by atoms with Gasteiger partial charge in [-0.3, -0.25) is 4.98 Å². The Kier molecular flexibility index (Phi) is 3.78. The van der Waals surface area contributed by atoms with Crippen molar-refractivity contribution < 1.29 is 0 Å². The third-order valence-corrected chi connectivity index (χ3v) is 3.50. The van der Waals surface area contributed by atoms with Crippen molar-refractivity contribution in [3.8, 4) is 0 Å². The molecule has 0 aliphatic heterocycles. The van der Waals surface area contributed by atoms with Crippen molar-refractivity contribution in [3.63, 3.8) is 0 Å². The molecule has 82 valence electrons. The molecule has 2 unspecified atom stereocenters. The van der Waals surface area contributed by atoms with Crippen LogP contribution in [-0.4, -0.2) is 21.9 Å². The van der Waals surface area contributed by atoms with E-state index in [1.54, 1.807) is 18.6 Å². The normalized spacial score (nSPS) is 26.2. The maximum absolute atomic E-state index is 6.27. The van der Waals surface area contributed by atoms with Gasteiger partial charge in [-0.15, -0.1) is 11.6 Å². The van der Waals surface area contributed by atoms with Crippen molar-refractivity contribution in [3.05, 3.63) is 18.6 Å². The van der Waals surface area contributed by atoms with Crippen LogP contribution >= 0.6 is 11.6 Å². The minimum Gasteiger partial charge on any atom is -0.368 e. The van der Waals surface area contributed by atoms with Crippen LogP contribution in [0.5, 0.6) is 0 Å². The van der Waals surface area contributed by atoms with E-state index in [0.29, 0.717) is 11.3 Å². The van der Waals surface area contributed by atoms with Crippen LogP contribution in [0.25, 0.3) is 0 Å². The van der Waals surface area contributed by atoms with Gasteiger partial charge >= 0.3 is 0 Å². The molecule has 0 saturated heterocycles. The van der Waals surface area contributed by atoms with Gasteiger partial charge in [0.15, 0.2) is 0 Å². The first-order valence-corrected chi connectivity index (χ1v) is 5.94. The van der Waals surface area contributed by atoms with Crippen LogP contribution in [0.2, 0.25) is 0 Å². The molecule has 1 saturated carbocycles. The second-order valence-electron chi connectivity index (χ2n) is 4.03. The van der Waals surface area contributed by atoms with E-state index in [1.807, 2.05) is 0 Å². The summed E-state index contributed by atoms with van der Waals surface area (Å²) >= 11 is 6.27. The molecule has 1 aliphatic carbocycles. The fraction of sp³-hybridized carbons (Fsp3) is 0.636. The first kappa shape index (κ1) is 10.7. The molecule has 1 fully saturated rings. The lowest BCUT2D eigenvalue weighted by Gasteiger charge is -2.27. The Bertz CT molecular complexity index is 291. The van der Waals surface area contributed by atoms with E-state index in [0.717, 1.165) is 18.8 Å². The molecule has 0 radical (unpaired) electrons. The molecule has 0 amide bonds. The zero-order chi connectivity index (χ0) is 10.5. The highest BCUT2D eigenvalue weighted by atomic mass is 35.5. The van der Waals surface area contributed by atoms with E-state index in [9.17, 15) is 0 Å². The maximum Gasteiger partial charge on any atom is 0.144 e. The second kappa shape index (κ2) is 5.31. The highest BCUT2D eigenvalue weighted by molar-refractivity contribution is 6.20. The summed E-state index contributed by atoms with van der Waals surface area (Å²) in [7, 11) is 0. The second-order valence-corrected chi connectivity index (χ2v) is 4.59. The molecular formula is C11H16ClN3. The minimum atomic E-state index is 0.322. The monoisotopic (exact) mass is 225 g/mol. The van der Waals surface area contributed by atoms with Crippen molar-refractivity contribution in [2.75, 3.05) is 11.9 Å². The number of hydrogen-bond donors (Lipinski definition) is 1. The molecular weight excluding hydrogens is 210 g/mol. The Balaban J connectivity index is 1.82. The van der Waals surface area contributed by atoms with Gasteiger partial charge in [0.05, 0.1) is 6.20 Å². The van der Waals surface area contributed by atoms with Gasteiger partial charge in [-0.05, 0) is 18.8 Å². The summed E-state index contributed by atoms with van der Waals surface area (Å²) < 4.78 is 0. The van der Waals surface area contributed by atoms with Crippen molar-refractivity contribution in [1.29, 1.82) is 0 Å². The minimum absolute atomic E-state index is 0.322. The molecule has 2 rings (SSSR count). The Morgan fingerprint density at radius 3 is 2.93 bits per heavy atom. The predicted molar refractivity (Wildman–Crippen MR) is 62.1 cm³/mol. The Hall–Kier alpha value is -0.830. The van der Waals surface area contributed by atoms with E-state index in [-0.39, 0.29) is 0 Å². The number of nitrogens with zero attached hydrogens (tertiary/aromatic N) is 2. The summed E-state index contributed by atoms with van der Waals surface area (Å²) in [6.45, 7) is 0.910. The zero-order valence-corrected chi connectivity index (χ0v) is 9.45. The number of anilines is 1. The molecule has 1 aromatic rings. The van der Waals surface area contributed by atoms with E-state index in [1.165, 1.54) is 19.3 Å². The number of hydrogen-bond acceptors (Lipinski definition) is 3.